The third-order valence-corrected chi connectivity index (χ3v) is 6.50. The Morgan fingerprint density at radius 1 is 1.06 bits per heavy atom. The number of nitrogens with zero attached hydrogens (tertiary/aromatic N) is 1. The van der Waals surface area contributed by atoms with Crippen LogP contribution in [0.2, 0.25) is 0 Å². The number of ketones is 1. The second kappa shape index (κ2) is 10.5. The molecule has 4 rings (SSSR count). The van der Waals surface area contributed by atoms with Crippen LogP contribution < -0.4 is 10.6 Å². The van der Waals surface area contributed by atoms with Gasteiger partial charge in [-0.25, -0.2) is 0 Å². The van der Waals surface area contributed by atoms with Crippen molar-refractivity contribution in [3.63, 3.8) is 0 Å². The molecule has 0 saturated carbocycles. The highest BCUT2D eigenvalue weighted by Crippen LogP contribution is 2.22. The largest absolute Gasteiger partial charge is 0.361 e. The molecule has 35 heavy (non-hydrogen) atoms. The number of benzene rings is 2. The zero-order valence-electron chi connectivity index (χ0n) is 20.0. The maximum atomic E-state index is 13.4. The third-order valence-electron chi connectivity index (χ3n) is 6.50. The van der Waals surface area contributed by atoms with Crippen LogP contribution in [0.4, 0.5) is 0 Å². The first-order valence-corrected chi connectivity index (χ1v) is 11.9. The Bertz CT molecular complexity index is 1260. The van der Waals surface area contributed by atoms with Crippen molar-refractivity contribution in [3.05, 3.63) is 71.4 Å². The van der Waals surface area contributed by atoms with E-state index in [-0.39, 0.29) is 31.3 Å². The maximum Gasteiger partial charge on any atom is 0.245 e. The molecule has 182 valence electrons. The molecule has 8 heteroatoms. The van der Waals surface area contributed by atoms with E-state index < -0.39 is 23.7 Å². The molecule has 3 N–H and O–H groups in total. The lowest BCUT2D eigenvalue weighted by Gasteiger charge is -2.31. The Balaban J connectivity index is 1.56. The smallest absolute Gasteiger partial charge is 0.245 e. The highest BCUT2D eigenvalue weighted by molar-refractivity contribution is 6.05. The minimum absolute atomic E-state index is 0.188. The van der Waals surface area contributed by atoms with Gasteiger partial charge in [-0.1, -0.05) is 49.4 Å². The van der Waals surface area contributed by atoms with Gasteiger partial charge in [0.2, 0.25) is 17.7 Å². The number of aromatic amines is 1. The fourth-order valence-electron chi connectivity index (χ4n) is 4.56. The van der Waals surface area contributed by atoms with Crippen molar-refractivity contribution in [1.29, 1.82) is 0 Å². The molecule has 3 amide bonds. The summed E-state index contributed by atoms with van der Waals surface area (Å²) in [5, 5.41) is 6.43. The first-order valence-electron chi connectivity index (χ1n) is 11.9. The summed E-state index contributed by atoms with van der Waals surface area (Å²) in [6.07, 6.45) is 2.83. The summed E-state index contributed by atoms with van der Waals surface area (Å²) in [4.78, 5) is 55.6. The quantitative estimate of drug-likeness (QED) is 0.413. The lowest BCUT2D eigenvalue weighted by molar-refractivity contribution is -0.147. The van der Waals surface area contributed by atoms with E-state index in [1.165, 1.54) is 4.90 Å². The van der Waals surface area contributed by atoms with Gasteiger partial charge in [0.05, 0.1) is 6.54 Å². The third kappa shape index (κ3) is 5.42. The molecule has 2 heterocycles. The molecule has 1 saturated heterocycles. The maximum absolute atomic E-state index is 13.4. The molecule has 1 aliphatic heterocycles. The molecule has 1 aromatic heterocycles. The Kier molecular flexibility index (Phi) is 7.29. The molecule has 1 fully saturated rings. The molecule has 1 aliphatic rings. The number of H-pyrrole nitrogens is 1. The summed E-state index contributed by atoms with van der Waals surface area (Å²) in [5.74, 6) is -2.45. The molecule has 8 nitrogen and oxygen atoms in total. The first kappa shape index (κ1) is 24.2. The van der Waals surface area contributed by atoms with Crippen LogP contribution in [0.1, 0.15) is 30.5 Å². The standard InChI is InChI=1S/C27H30N4O4/c1-3-18-8-4-5-9-19(18)13-29-26(34)22(12-20-14-28-23-11-7-6-10-21(20)23)24(32)15-31-16-25(33)30-17(2)27(31)35/h4-11,14,17,22,28H,3,12-13,15-16H2,1-2H3,(H,29,34)(H,30,33). The van der Waals surface area contributed by atoms with E-state index in [2.05, 4.69) is 22.5 Å². The molecule has 0 bridgehead atoms. The van der Waals surface area contributed by atoms with Gasteiger partial charge in [-0.3, -0.25) is 19.2 Å². The summed E-state index contributed by atoms with van der Waals surface area (Å²) < 4.78 is 0. The van der Waals surface area contributed by atoms with Crippen molar-refractivity contribution in [2.24, 2.45) is 5.92 Å². The number of carbonyl (C=O) groups is 4. The number of carbonyl (C=O) groups excluding carboxylic acids is 4. The zero-order valence-corrected chi connectivity index (χ0v) is 20.0. The van der Waals surface area contributed by atoms with Gasteiger partial charge in [-0.2, -0.15) is 0 Å². The average Bonchev–Trinajstić information content (AvgIpc) is 3.27. The van der Waals surface area contributed by atoms with Gasteiger partial charge in [0.1, 0.15) is 18.5 Å². The summed E-state index contributed by atoms with van der Waals surface area (Å²) in [6, 6.07) is 14.9. The summed E-state index contributed by atoms with van der Waals surface area (Å²) in [7, 11) is 0. The lowest BCUT2D eigenvalue weighted by atomic mass is 9.93. The molecule has 2 unspecified atom stereocenters. The number of rotatable bonds is 9. The molecule has 0 spiro atoms. The fraction of sp³-hybridized carbons (Fsp3) is 0.333. The van der Waals surface area contributed by atoms with E-state index in [1.807, 2.05) is 54.7 Å². The Hall–Kier alpha value is -3.94. The first-order chi connectivity index (χ1) is 16.9. The van der Waals surface area contributed by atoms with Crippen LogP contribution >= 0.6 is 0 Å². The van der Waals surface area contributed by atoms with Crippen molar-refractivity contribution in [2.45, 2.75) is 39.3 Å². The van der Waals surface area contributed by atoms with E-state index in [0.717, 1.165) is 34.0 Å². The lowest BCUT2D eigenvalue weighted by Crippen LogP contribution is -2.58. The van der Waals surface area contributed by atoms with Crippen LogP contribution in [0, 0.1) is 5.92 Å². The van der Waals surface area contributed by atoms with Gasteiger partial charge in [-0.15, -0.1) is 0 Å². The second-order valence-electron chi connectivity index (χ2n) is 8.91. The van der Waals surface area contributed by atoms with E-state index >= 15 is 0 Å². The van der Waals surface area contributed by atoms with Gasteiger partial charge >= 0.3 is 0 Å². The van der Waals surface area contributed by atoms with Crippen molar-refractivity contribution < 1.29 is 19.2 Å². The number of nitrogens with one attached hydrogen (secondary N) is 3. The zero-order chi connectivity index (χ0) is 24.9. The van der Waals surface area contributed by atoms with Gasteiger partial charge in [0.15, 0.2) is 5.78 Å². The number of fused-ring (bicyclic) bond motifs is 1. The number of aromatic nitrogens is 1. The summed E-state index contributed by atoms with van der Waals surface area (Å²) in [6.45, 7) is 3.46. The Morgan fingerprint density at radius 2 is 1.77 bits per heavy atom. The summed E-state index contributed by atoms with van der Waals surface area (Å²) >= 11 is 0. The number of Topliss-reactive ketones (excluding diaryl/α,β-unsaturated/α-hetero) is 1. The van der Waals surface area contributed by atoms with E-state index in [0.29, 0.717) is 6.54 Å². The summed E-state index contributed by atoms with van der Waals surface area (Å²) in [5.41, 5.74) is 3.89. The van der Waals surface area contributed by atoms with Gasteiger partial charge in [-0.05, 0) is 42.5 Å². The van der Waals surface area contributed by atoms with E-state index in [9.17, 15) is 19.2 Å². The highest BCUT2D eigenvalue weighted by Gasteiger charge is 2.34. The Morgan fingerprint density at radius 3 is 2.54 bits per heavy atom. The van der Waals surface area contributed by atoms with Crippen molar-refractivity contribution in [3.8, 4) is 0 Å². The van der Waals surface area contributed by atoms with Crippen LogP contribution in [0.25, 0.3) is 10.9 Å². The van der Waals surface area contributed by atoms with Crippen LogP contribution in [0.15, 0.2) is 54.7 Å². The Labute approximate surface area is 204 Å². The normalized spacial score (nSPS) is 16.7. The van der Waals surface area contributed by atoms with Gasteiger partial charge in [0.25, 0.3) is 0 Å². The van der Waals surface area contributed by atoms with E-state index in [1.54, 1.807) is 6.92 Å². The number of hydrogen-bond acceptors (Lipinski definition) is 4. The number of para-hydroxylation sites is 1. The van der Waals surface area contributed by atoms with Crippen molar-refractivity contribution in [1.82, 2.24) is 20.5 Å². The van der Waals surface area contributed by atoms with Crippen LogP contribution in [-0.2, 0) is 38.6 Å². The molecule has 2 atom stereocenters. The predicted molar refractivity (Wildman–Crippen MR) is 132 cm³/mol. The number of amides is 3. The molecule has 0 aliphatic carbocycles. The second-order valence-corrected chi connectivity index (χ2v) is 8.91. The molecule has 2 aromatic carbocycles. The highest BCUT2D eigenvalue weighted by atomic mass is 16.2. The van der Waals surface area contributed by atoms with Gasteiger partial charge in [0, 0.05) is 23.6 Å². The monoisotopic (exact) mass is 474 g/mol. The van der Waals surface area contributed by atoms with Crippen LogP contribution in [0.3, 0.4) is 0 Å². The van der Waals surface area contributed by atoms with Gasteiger partial charge < -0.3 is 20.5 Å². The van der Waals surface area contributed by atoms with E-state index in [4.69, 9.17) is 0 Å². The molecular weight excluding hydrogens is 444 g/mol. The minimum Gasteiger partial charge on any atom is -0.361 e. The van der Waals surface area contributed by atoms with Crippen molar-refractivity contribution >= 4 is 34.4 Å². The average molecular weight is 475 g/mol. The number of piperazine rings is 1. The number of aryl methyl sites for hydroxylation is 1. The number of hydrogen-bond donors (Lipinski definition) is 3. The van der Waals surface area contributed by atoms with Crippen molar-refractivity contribution in [2.75, 3.05) is 13.1 Å². The van der Waals surface area contributed by atoms with Crippen LogP contribution in [0.5, 0.6) is 0 Å². The molecule has 0 radical (unpaired) electrons. The minimum atomic E-state index is -1.00. The topological polar surface area (TPSA) is 111 Å². The SMILES string of the molecule is CCc1ccccc1CNC(=O)C(Cc1c[nH]c2ccccc12)C(=O)CN1CC(=O)NC(C)C1=O. The predicted octanol–water partition coefficient (Wildman–Crippen LogP) is 2.12. The molecule has 3 aromatic rings. The van der Waals surface area contributed by atoms with Crippen LogP contribution in [-0.4, -0.2) is 52.5 Å². The molecular formula is C27H30N4O4. The fourth-order valence-corrected chi connectivity index (χ4v) is 4.56.